The van der Waals surface area contributed by atoms with Crippen LogP contribution in [0.1, 0.15) is 24.9 Å². The van der Waals surface area contributed by atoms with Crippen LogP contribution in [0.2, 0.25) is 0 Å². The Kier molecular flexibility index (Phi) is 5.66. The Balaban J connectivity index is 1.37. The van der Waals surface area contributed by atoms with Gasteiger partial charge in [-0.15, -0.1) is 0 Å². The summed E-state index contributed by atoms with van der Waals surface area (Å²) in [7, 11) is 0. The predicted molar refractivity (Wildman–Crippen MR) is 132 cm³/mol. The summed E-state index contributed by atoms with van der Waals surface area (Å²) in [5, 5.41) is 11.0. The van der Waals surface area contributed by atoms with E-state index in [2.05, 4.69) is 15.7 Å². The number of benzene rings is 2. The zero-order valence-electron chi connectivity index (χ0n) is 18.6. The third kappa shape index (κ3) is 4.08. The highest BCUT2D eigenvalue weighted by Crippen LogP contribution is 2.33. The summed E-state index contributed by atoms with van der Waals surface area (Å²) in [6, 6.07) is 14.4. The number of hydrogen-bond acceptors (Lipinski definition) is 6. The van der Waals surface area contributed by atoms with Crippen LogP contribution in [0.3, 0.4) is 0 Å². The minimum atomic E-state index is -0.301. The van der Waals surface area contributed by atoms with Gasteiger partial charge in [0, 0.05) is 30.5 Å². The SMILES string of the molecule is CC(=O)Nc1ccc(NC(=O)CC2CSc3nc4c(cnn4-c4ccccc4C)c(=O)n32)cc1. The average molecular weight is 475 g/mol. The predicted octanol–water partition coefficient (Wildman–Crippen LogP) is 3.52. The van der Waals surface area contributed by atoms with Gasteiger partial charge in [-0.1, -0.05) is 30.0 Å². The number of hydrogen-bond donors (Lipinski definition) is 2. The van der Waals surface area contributed by atoms with E-state index in [0.29, 0.717) is 33.3 Å². The maximum Gasteiger partial charge on any atom is 0.265 e. The summed E-state index contributed by atoms with van der Waals surface area (Å²) >= 11 is 1.46. The number of amides is 2. The molecule has 1 aliphatic heterocycles. The third-order valence-electron chi connectivity index (χ3n) is 5.62. The summed E-state index contributed by atoms with van der Waals surface area (Å²) in [6.45, 7) is 3.42. The van der Waals surface area contributed by atoms with Crippen molar-refractivity contribution in [2.24, 2.45) is 0 Å². The fourth-order valence-electron chi connectivity index (χ4n) is 4.02. The van der Waals surface area contributed by atoms with Crippen molar-refractivity contribution in [1.29, 1.82) is 0 Å². The molecule has 0 aliphatic carbocycles. The molecule has 1 aliphatic rings. The van der Waals surface area contributed by atoms with Crippen molar-refractivity contribution in [1.82, 2.24) is 19.3 Å². The number of carbonyl (C=O) groups is 2. The number of thioether (sulfide) groups is 1. The number of nitrogens with one attached hydrogen (secondary N) is 2. The first-order chi connectivity index (χ1) is 16.4. The van der Waals surface area contributed by atoms with Crippen LogP contribution >= 0.6 is 11.8 Å². The topological polar surface area (TPSA) is 111 Å². The van der Waals surface area contributed by atoms with Crippen LogP contribution in [0.25, 0.3) is 16.7 Å². The Morgan fingerprint density at radius 2 is 1.79 bits per heavy atom. The molecule has 0 spiro atoms. The highest BCUT2D eigenvalue weighted by atomic mass is 32.2. The fraction of sp³-hybridized carbons (Fsp3) is 0.208. The molecule has 0 fully saturated rings. The molecule has 2 amide bonds. The number of carbonyl (C=O) groups excluding carboxylic acids is 2. The van der Waals surface area contributed by atoms with E-state index in [4.69, 9.17) is 4.98 Å². The number of nitrogens with zero attached hydrogens (tertiary/aromatic N) is 4. The Hall–Kier alpha value is -3.92. The summed E-state index contributed by atoms with van der Waals surface area (Å²) in [5.41, 5.74) is 3.50. The van der Waals surface area contributed by atoms with Crippen molar-refractivity contribution in [3.05, 3.63) is 70.6 Å². The number of aryl methyl sites for hydroxylation is 1. The number of fused-ring (bicyclic) bond motifs is 2. The van der Waals surface area contributed by atoms with Crippen LogP contribution in [0.4, 0.5) is 11.4 Å². The molecule has 0 saturated heterocycles. The van der Waals surface area contributed by atoms with Gasteiger partial charge in [-0.2, -0.15) is 5.10 Å². The van der Waals surface area contributed by atoms with Crippen molar-refractivity contribution in [3.63, 3.8) is 0 Å². The molecular weight excluding hydrogens is 452 g/mol. The quantitative estimate of drug-likeness (QED) is 0.428. The number of para-hydroxylation sites is 1. The van der Waals surface area contributed by atoms with Crippen LogP contribution in [-0.4, -0.2) is 36.9 Å². The minimum Gasteiger partial charge on any atom is -0.326 e. The molecule has 4 aromatic rings. The van der Waals surface area contributed by atoms with Gasteiger partial charge in [-0.25, -0.2) is 9.67 Å². The molecule has 0 bridgehead atoms. The van der Waals surface area contributed by atoms with Crippen molar-refractivity contribution in [3.8, 4) is 5.69 Å². The zero-order chi connectivity index (χ0) is 23.8. The van der Waals surface area contributed by atoms with Gasteiger partial charge in [-0.05, 0) is 42.8 Å². The Morgan fingerprint density at radius 3 is 2.50 bits per heavy atom. The van der Waals surface area contributed by atoms with E-state index in [1.807, 2.05) is 31.2 Å². The Bertz CT molecular complexity index is 1470. The molecule has 3 heterocycles. The van der Waals surface area contributed by atoms with Crippen molar-refractivity contribution < 1.29 is 9.59 Å². The molecule has 2 N–H and O–H groups in total. The molecule has 2 aromatic heterocycles. The molecule has 34 heavy (non-hydrogen) atoms. The highest BCUT2D eigenvalue weighted by molar-refractivity contribution is 7.99. The lowest BCUT2D eigenvalue weighted by Crippen LogP contribution is -2.27. The zero-order valence-corrected chi connectivity index (χ0v) is 19.4. The largest absolute Gasteiger partial charge is 0.326 e. The first kappa shape index (κ1) is 21.9. The molecular formula is C24H22N6O3S. The van der Waals surface area contributed by atoms with Crippen LogP contribution in [0.5, 0.6) is 0 Å². The van der Waals surface area contributed by atoms with E-state index in [-0.39, 0.29) is 29.8 Å². The highest BCUT2D eigenvalue weighted by Gasteiger charge is 2.29. The first-order valence-electron chi connectivity index (χ1n) is 10.8. The lowest BCUT2D eigenvalue weighted by molar-refractivity contribution is -0.117. The molecule has 9 nitrogen and oxygen atoms in total. The van der Waals surface area contributed by atoms with E-state index < -0.39 is 0 Å². The molecule has 2 aromatic carbocycles. The van der Waals surface area contributed by atoms with E-state index in [1.165, 1.54) is 18.7 Å². The maximum atomic E-state index is 13.3. The molecule has 0 radical (unpaired) electrons. The van der Waals surface area contributed by atoms with Gasteiger partial charge >= 0.3 is 0 Å². The fourth-order valence-corrected chi connectivity index (χ4v) is 5.15. The Labute approximate surface area is 199 Å². The summed E-state index contributed by atoms with van der Waals surface area (Å²) in [6.07, 6.45) is 1.69. The van der Waals surface area contributed by atoms with E-state index in [0.717, 1.165) is 11.3 Å². The molecule has 0 saturated carbocycles. The number of anilines is 2. The third-order valence-corrected chi connectivity index (χ3v) is 6.72. The van der Waals surface area contributed by atoms with E-state index in [9.17, 15) is 14.4 Å². The summed E-state index contributed by atoms with van der Waals surface area (Å²) in [4.78, 5) is 41.9. The lowest BCUT2D eigenvalue weighted by atomic mass is 10.2. The van der Waals surface area contributed by atoms with Crippen LogP contribution in [0.15, 0.2) is 64.7 Å². The second-order valence-corrected chi connectivity index (χ2v) is 9.11. The Morgan fingerprint density at radius 1 is 1.09 bits per heavy atom. The van der Waals surface area contributed by atoms with Gasteiger partial charge in [0.05, 0.1) is 17.9 Å². The van der Waals surface area contributed by atoms with Crippen LogP contribution < -0.4 is 16.2 Å². The first-order valence-corrected chi connectivity index (χ1v) is 11.8. The van der Waals surface area contributed by atoms with Gasteiger partial charge in [0.2, 0.25) is 11.8 Å². The average Bonchev–Trinajstić information content (AvgIpc) is 3.40. The molecule has 172 valence electrons. The molecule has 10 heteroatoms. The van der Waals surface area contributed by atoms with Crippen LogP contribution in [0, 0.1) is 6.92 Å². The van der Waals surface area contributed by atoms with Gasteiger partial charge in [-0.3, -0.25) is 19.0 Å². The minimum absolute atomic E-state index is 0.145. The van der Waals surface area contributed by atoms with Gasteiger partial charge < -0.3 is 10.6 Å². The summed E-state index contributed by atoms with van der Waals surface area (Å²) < 4.78 is 3.30. The van der Waals surface area contributed by atoms with Gasteiger partial charge in [0.1, 0.15) is 5.39 Å². The lowest BCUT2D eigenvalue weighted by Gasteiger charge is -2.14. The summed E-state index contributed by atoms with van der Waals surface area (Å²) in [5.74, 6) is 0.224. The van der Waals surface area contributed by atoms with Crippen LogP contribution in [-0.2, 0) is 9.59 Å². The molecule has 5 rings (SSSR count). The van der Waals surface area contributed by atoms with Crippen molar-refractivity contribution >= 4 is 46.0 Å². The normalized spacial score (nSPS) is 14.7. The second kappa shape index (κ2) is 8.79. The smallest absolute Gasteiger partial charge is 0.265 e. The number of rotatable bonds is 5. The van der Waals surface area contributed by atoms with Crippen molar-refractivity contribution in [2.45, 2.75) is 31.5 Å². The molecule has 1 unspecified atom stereocenters. The van der Waals surface area contributed by atoms with Gasteiger partial charge in [0.15, 0.2) is 10.8 Å². The molecule has 1 atom stereocenters. The maximum absolute atomic E-state index is 13.3. The van der Waals surface area contributed by atoms with E-state index in [1.54, 1.807) is 39.7 Å². The second-order valence-electron chi connectivity index (χ2n) is 8.13. The van der Waals surface area contributed by atoms with E-state index >= 15 is 0 Å². The number of aromatic nitrogens is 4. The van der Waals surface area contributed by atoms with Gasteiger partial charge in [0.25, 0.3) is 5.56 Å². The monoisotopic (exact) mass is 474 g/mol. The standard InChI is InChI=1S/C24H22N6O3S/c1-14-5-3-4-6-20(14)30-22-19(12-25-30)23(33)29-18(13-34-24(29)28-22)11-21(32)27-17-9-7-16(8-10-17)26-15(2)31/h3-10,12,18H,11,13H2,1-2H3,(H,26,31)(H,27,32). The van der Waals surface area contributed by atoms with Crippen molar-refractivity contribution in [2.75, 3.05) is 16.4 Å².